The van der Waals surface area contributed by atoms with E-state index in [2.05, 4.69) is 0 Å². The highest BCUT2D eigenvalue weighted by Gasteiger charge is 2.25. The van der Waals surface area contributed by atoms with Crippen LogP contribution in [0.5, 0.6) is 5.75 Å². The molecule has 2 aromatic carbocycles. The van der Waals surface area contributed by atoms with Crippen LogP contribution >= 0.6 is 0 Å². The lowest BCUT2D eigenvalue weighted by Gasteiger charge is -2.26. The molecule has 0 saturated carbocycles. The summed E-state index contributed by atoms with van der Waals surface area (Å²) in [6.45, 7) is 0.821. The lowest BCUT2D eigenvalue weighted by molar-refractivity contribution is 0.296. The van der Waals surface area contributed by atoms with Gasteiger partial charge in [-0.05, 0) is 48.2 Å². The first kappa shape index (κ1) is 18.7. The van der Waals surface area contributed by atoms with E-state index in [-0.39, 0.29) is 16.7 Å². The molecule has 0 atom stereocenters. The van der Waals surface area contributed by atoms with Crippen molar-refractivity contribution in [2.24, 2.45) is 0 Å². The average molecular weight is 377 g/mol. The first-order chi connectivity index (χ1) is 12.4. The Kier molecular flexibility index (Phi) is 5.47. The van der Waals surface area contributed by atoms with Gasteiger partial charge in [-0.3, -0.25) is 5.21 Å². The summed E-state index contributed by atoms with van der Waals surface area (Å²) in [7, 11) is -1.67. The molecule has 0 amide bonds. The summed E-state index contributed by atoms with van der Waals surface area (Å²) in [4.78, 5) is 0. The second kappa shape index (κ2) is 7.63. The third kappa shape index (κ3) is 3.99. The lowest BCUT2D eigenvalue weighted by Crippen LogP contribution is -2.37. The number of sulfonamides is 1. The standard InChI is InChI=1S/C18H21N2O5S/c1-25-18-8-7-14(13-19-9-2-3-10-26(19,23)24)11-17(18)15-5-4-6-16(12-15)20(21)22/h4-8,11-12,21H,2-3,9-10,13H2,1H3/q-1. The smallest absolute Gasteiger partial charge is 0.214 e. The highest BCUT2D eigenvalue weighted by atomic mass is 32.2. The zero-order chi connectivity index (χ0) is 18.7. The van der Waals surface area contributed by atoms with E-state index in [0.717, 1.165) is 17.5 Å². The quantitative estimate of drug-likeness (QED) is 0.805. The maximum atomic E-state index is 12.2. The van der Waals surface area contributed by atoms with Crippen LogP contribution in [0.4, 0.5) is 5.69 Å². The Labute approximate surface area is 153 Å². The molecule has 1 heterocycles. The van der Waals surface area contributed by atoms with Gasteiger partial charge in [0.2, 0.25) is 10.0 Å². The number of hydrogen-bond donors (Lipinski definition) is 1. The number of rotatable bonds is 5. The molecule has 2 aromatic rings. The van der Waals surface area contributed by atoms with Crippen LogP contribution in [-0.2, 0) is 16.6 Å². The van der Waals surface area contributed by atoms with Crippen molar-refractivity contribution in [2.75, 3.05) is 24.6 Å². The molecule has 0 radical (unpaired) electrons. The van der Waals surface area contributed by atoms with Gasteiger partial charge < -0.3 is 15.2 Å². The third-order valence-corrected chi connectivity index (χ3v) is 6.36. The minimum absolute atomic E-state index is 0.105. The van der Waals surface area contributed by atoms with E-state index < -0.39 is 10.0 Å². The topological polar surface area (TPSA) is 93.1 Å². The summed E-state index contributed by atoms with van der Waals surface area (Å²) < 4.78 is 31.3. The van der Waals surface area contributed by atoms with Crippen molar-refractivity contribution in [1.29, 1.82) is 0 Å². The number of anilines is 1. The van der Waals surface area contributed by atoms with Crippen LogP contribution in [0.3, 0.4) is 0 Å². The normalized spacial score (nSPS) is 17.0. The third-order valence-electron chi connectivity index (χ3n) is 4.45. The molecule has 140 valence electrons. The molecule has 1 fully saturated rings. The molecule has 1 aliphatic rings. The summed E-state index contributed by atoms with van der Waals surface area (Å²) in [6, 6.07) is 12.0. The molecule has 7 nitrogen and oxygen atoms in total. The minimum Gasteiger partial charge on any atom is -0.733 e. The Morgan fingerprint density at radius 3 is 2.73 bits per heavy atom. The Morgan fingerprint density at radius 1 is 1.23 bits per heavy atom. The van der Waals surface area contributed by atoms with Gasteiger partial charge in [-0.2, -0.15) is 4.31 Å². The van der Waals surface area contributed by atoms with E-state index in [1.54, 1.807) is 31.4 Å². The van der Waals surface area contributed by atoms with Crippen molar-refractivity contribution in [1.82, 2.24) is 4.31 Å². The molecule has 1 aliphatic heterocycles. The predicted molar refractivity (Wildman–Crippen MR) is 99.5 cm³/mol. The molecule has 26 heavy (non-hydrogen) atoms. The van der Waals surface area contributed by atoms with E-state index in [9.17, 15) is 13.6 Å². The monoisotopic (exact) mass is 377 g/mol. The Bertz CT molecular complexity index is 883. The zero-order valence-corrected chi connectivity index (χ0v) is 15.3. The van der Waals surface area contributed by atoms with Crippen molar-refractivity contribution in [3.05, 3.63) is 53.2 Å². The van der Waals surface area contributed by atoms with Gasteiger partial charge in [0, 0.05) is 18.7 Å². The fourth-order valence-corrected chi connectivity index (χ4v) is 4.67. The predicted octanol–water partition coefficient (Wildman–Crippen LogP) is 2.98. The molecule has 0 aromatic heterocycles. The van der Waals surface area contributed by atoms with Gasteiger partial charge in [-0.25, -0.2) is 8.42 Å². The number of nitrogens with zero attached hydrogens (tertiary/aromatic N) is 2. The van der Waals surface area contributed by atoms with Gasteiger partial charge in [-0.1, -0.05) is 18.2 Å². The number of methoxy groups -OCH3 is 1. The van der Waals surface area contributed by atoms with Crippen LogP contribution in [0, 0.1) is 5.21 Å². The maximum absolute atomic E-state index is 12.2. The van der Waals surface area contributed by atoms with E-state index in [0.29, 0.717) is 30.8 Å². The van der Waals surface area contributed by atoms with Crippen LogP contribution in [0.2, 0.25) is 0 Å². The first-order valence-electron chi connectivity index (χ1n) is 8.32. The highest BCUT2D eigenvalue weighted by molar-refractivity contribution is 7.89. The zero-order valence-electron chi connectivity index (χ0n) is 14.5. The lowest BCUT2D eigenvalue weighted by atomic mass is 10.0. The maximum Gasteiger partial charge on any atom is 0.214 e. The van der Waals surface area contributed by atoms with E-state index in [1.165, 1.54) is 10.4 Å². The fourth-order valence-electron chi connectivity index (χ4n) is 3.09. The van der Waals surface area contributed by atoms with Crippen LogP contribution in [0.15, 0.2) is 42.5 Å². The molecule has 0 aliphatic carbocycles. The number of benzene rings is 2. The number of hydrogen-bond acceptors (Lipinski definition) is 6. The fraction of sp³-hybridized carbons (Fsp3) is 0.333. The summed E-state index contributed by atoms with van der Waals surface area (Å²) in [5.74, 6) is 0.788. The van der Waals surface area contributed by atoms with E-state index >= 15 is 0 Å². The van der Waals surface area contributed by atoms with Crippen molar-refractivity contribution in [3.63, 3.8) is 0 Å². The van der Waals surface area contributed by atoms with Crippen LogP contribution in [0.1, 0.15) is 18.4 Å². The Hall–Kier alpha value is -2.13. The highest BCUT2D eigenvalue weighted by Crippen LogP contribution is 2.33. The van der Waals surface area contributed by atoms with E-state index in [4.69, 9.17) is 9.94 Å². The van der Waals surface area contributed by atoms with Gasteiger partial charge in [0.25, 0.3) is 0 Å². The summed E-state index contributed by atoms with van der Waals surface area (Å²) in [5.41, 5.74) is 2.36. The van der Waals surface area contributed by atoms with Gasteiger partial charge >= 0.3 is 0 Å². The summed E-state index contributed by atoms with van der Waals surface area (Å²) >= 11 is 0. The largest absolute Gasteiger partial charge is 0.733 e. The molecule has 0 bridgehead atoms. The van der Waals surface area contributed by atoms with Crippen LogP contribution in [0.25, 0.3) is 11.1 Å². The molecule has 0 spiro atoms. The first-order valence-corrected chi connectivity index (χ1v) is 9.93. The Balaban J connectivity index is 1.95. The number of ether oxygens (including phenoxy) is 1. The molecule has 0 unspecified atom stereocenters. The molecular formula is C18H21N2O5S-. The second-order valence-corrected chi connectivity index (χ2v) is 8.30. The van der Waals surface area contributed by atoms with Crippen molar-refractivity contribution < 1.29 is 18.4 Å². The average Bonchev–Trinajstić information content (AvgIpc) is 2.63. The molecule has 3 rings (SSSR count). The summed E-state index contributed by atoms with van der Waals surface area (Å²) in [6.07, 6.45) is 1.56. The van der Waals surface area contributed by atoms with E-state index in [1.807, 2.05) is 12.1 Å². The van der Waals surface area contributed by atoms with Gasteiger partial charge in [0.15, 0.2) is 0 Å². The molecule has 1 N–H and O–H groups in total. The van der Waals surface area contributed by atoms with Gasteiger partial charge in [-0.15, -0.1) is 0 Å². The van der Waals surface area contributed by atoms with Gasteiger partial charge in [0.1, 0.15) is 5.75 Å². The van der Waals surface area contributed by atoms with Crippen LogP contribution in [-0.4, -0.2) is 37.3 Å². The molecule has 8 heteroatoms. The SMILES string of the molecule is COc1ccc(CN2CCCCS2(=O)=O)cc1-c1cccc(N([O-])O)c1. The second-order valence-electron chi connectivity index (χ2n) is 6.21. The minimum atomic E-state index is -3.21. The molecule has 1 saturated heterocycles. The molecular weight excluding hydrogens is 356 g/mol. The van der Waals surface area contributed by atoms with Crippen molar-refractivity contribution in [2.45, 2.75) is 19.4 Å². The summed E-state index contributed by atoms with van der Waals surface area (Å²) in [5, 5.41) is 20.1. The van der Waals surface area contributed by atoms with Crippen LogP contribution < -0.4 is 9.96 Å². The Morgan fingerprint density at radius 2 is 2.04 bits per heavy atom. The van der Waals surface area contributed by atoms with Crippen molar-refractivity contribution >= 4 is 15.7 Å². The van der Waals surface area contributed by atoms with Crippen molar-refractivity contribution in [3.8, 4) is 16.9 Å². The van der Waals surface area contributed by atoms with Gasteiger partial charge in [0.05, 0.1) is 18.6 Å².